The van der Waals surface area contributed by atoms with Gasteiger partial charge in [-0.1, -0.05) is 13.8 Å². The zero-order valence-electron chi connectivity index (χ0n) is 6.89. The van der Waals surface area contributed by atoms with E-state index in [9.17, 15) is 4.79 Å². The molecule has 0 aliphatic carbocycles. The molecule has 0 fully saturated rings. The summed E-state index contributed by atoms with van der Waals surface area (Å²) in [6.45, 7) is 5.28. The zero-order chi connectivity index (χ0) is 7.82. The van der Waals surface area contributed by atoms with Crippen LogP contribution < -0.4 is 5.32 Å². The van der Waals surface area contributed by atoms with E-state index in [4.69, 9.17) is 0 Å². The standard InChI is InChI=1S/C8H17NO/c1-8(2)9-6-4-3-5-7-10/h7-9H,3-6H2,1-2H3. The van der Waals surface area contributed by atoms with Crippen LogP contribution in [0.4, 0.5) is 0 Å². The van der Waals surface area contributed by atoms with Crippen molar-refractivity contribution >= 4 is 6.29 Å². The monoisotopic (exact) mass is 143 g/mol. The molecule has 0 rings (SSSR count). The average molecular weight is 143 g/mol. The molecule has 0 aliphatic heterocycles. The van der Waals surface area contributed by atoms with Crippen molar-refractivity contribution in [3.63, 3.8) is 0 Å². The Morgan fingerprint density at radius 2 is 2.10 bits per heavy atom. The lowest BCUT2D eigenvalue weighted by Crippen LogP contribution is -2.23. The summed E-state index contributed by atoms with van der Waals surface area (Å²) in [6, 6.07) is 0.566. The maximum atomic E-state index is 9.88. The van der Waals surface area contributed by atoms with E-state index in [0.717, 1.165) is 25.7 Å². The van der Waals surface area contributed by atoms with Crippen LogP contribution in [0, 0.1) is 0 Å². The molecule has 0 aromatic heterocycles. The third kappa shape index (κ3) is 7.63. The quantitative estimate of drug-likeness (QED) is 0.449. The van der Waals surface area contributed by atoms with E-state index in [1.54, 1.807) is 0 Å². The Morgan fingerprint density at radius 1 is 1.40 bits per heavy atom. The molecule has 0 spiro atoms. The maximum absolute atomic E-state index is 9.88. The molecule has 0 heterocycles. The molecular weight excluding hydrogens is 126 g/mol. The van der Waals surface area contributed by atoms with Gasteiger partial charge >= 0.3 is 0 Å². The van der Waals surface area contributed by atoms with Crippen molar-refractivity contribution in [3.05, 3.63) is 0 Å². The predicted octanol–water partition coefficient (Wildman–Crippen LogP) is 1.35. The molecule has 0 saturated heterocycles. The highest BCUT2D eigenvalue weighted by atomic mass is 16.1. The Balaban J connectivity index is 2.83. The van der Waals surface area contributed by atoms with E-state index >= 15 is 0 Å². The fraction of sp³-hybridized carbons (Fsp3) is 0.875. The molecule has 0 unspecified atom stereocenters. The Morgan fingerprint density at radius 3 is 2.60 bits per heavy atom. The molecular formula is C8H17NO. The molecule has 60 valence electrons. The number of carbonyl (C=O) groups is 1. The Bertz CT molecular complexity index is 81.3. The number of hydrogen-bond donors (Lipinski definition) is 1. The van der Waals surface area contributed by atoms with Crippen LogP contribution in [-0.2, 0) is 4.79 Å². The Kier molecular flexibility index (Phi) is 6.50. The lowest BCUT2D eigenvalue weighted by atomic mass is 10.2. The van der Waals surface area contributed by atoms with Crippen molar-refractivity contribution in [3.8, 4) is 0 Å². The minimum absolute atomic E-state index is 0.566. The van der Waals surface area contributed by atoms with Gasteiger partial charge in [-0.2, -0.15) is 0 Å². The van der Waals surface area contributed by atoms with E-state index in [2.05, 4.69) is 19.2 Å². The fourth-order valence-corrected chi connectivity index (χ4v) is 0.743. The molecule has 2 heteroatoms. The molecule has 0 amide bonds. The number of carbonyl (C=O) groups excluding carboxylic acids is 1. The summed E-state index contributed by atoms with van der Waals surface area (Å²) in [5.74, 6) is 0. The first-order chi connectivity index (χ1) is 4.77. The van der Waals surface area contributed by atoms with E-state index < -0.39 is 0 Å². The molecule has 0 aromatic carbocycles. The average Bonchev–Trinajstić information content (AvgIpc) is 1.87. The van der Waals surface area contributed by atoms with Crippen LogP contribution in [0.1, 0.15) is 33.1 Å². The summed E-state index contributed by atoms with van der Waals surface area (Å²) in [4.78, 5) is 9.88. The number of unbranched alkanes of at least 4 members (excludes halogenated alkanes) is 2. The largest absolute Gasteiger partial charge is 0.315 e. The summed E-state index contributed by atoms with van der Waals surface area (Å²) in [7, 11) is 0. The summed E-state index contributed by atoms with van der Waals surface area (Å²) in [5.41, 5.74) is 0. The topological polar surface area (TPSA) is 29.1 Å². The number of rotatable bonds is 6. The lowest BCUT2D eigenvalue weighted by Gasteiger charge is -2.05. The Labute approximate surface area is 63.0 Å². The number of nitrogens with one attached hydrogen (secondary N) is 1. The second-order valence-electron chi connectivity index (χ2n) is 2.77. The first kappa shape index (κ1) is 9.63. The summed E-state index contributed by atoms with van der Waals surface area (Å²) < 4.78 is 0. The normalized spacial score (nSPS) is 10.3. The van der Waals surface area contributed by atoms with Gasteiger partial charge in [0, 0.05) is 12.5 Å². The molecule has 0 bridgehead atoms. The van der Waals surface area contributed by atoms with E-state index in [-0.39, 0.29) is 0 Å². The van der Waals surface area contributed by atoms with Crippen molar-refractivity contribution in [2.75, 3.05) is 6.54 Å². The van der Waals surface area contributed by atoms with Gasteiger partial charge in [-0.05, 0) is 19.4 Å². The van der Waals surface area contributed by atoms with Gasteiger partial charge < -0.3 is 10.1 Å². The smallest absolute Gasteiger partial charge is 0.119 e. The van der Waals surface area contributed by atoms with Crippen LogP contribution in [0.3, 0.4) is 0 Å². The third-order valence-electron chi connectivity index (χ3n) is 1.30. The van der Waals surface area contributed by atoms with Crippen molar-refractivity contribution in [1.29, 1.82) is 0 Å². The van der Waals surface area contributed by atoms with Crippen LogP contribution in [-0.4, -0.2) is 18.9 Å². The molecule has 0 aliphatic rings. The zero-order valence-corrected chi connectivity index (χ0v) is 6.89. The van der Waals surface area contributed by atoms with Crippen LogP contribution in [0.15, 0.2) is 0 Å². The van der Waals surface area contributed by atoms with Crippen molar-refractivity contribution < 1.29 is 4.79 Å². The van der Waals surface area contributed by atoms with Crippen molar-refractivity contribution in [1.82, 2.24) is 5.32 Å². The van der Waals surface area contributed by atoms with Crippen LogP contribution >= 0.6 is 0 Å². The minimum atomic E-state index is 0.566. The lowest BCUT2D eigenvalue weighted by molar-refractivity contribution is -0.107. The SMILES string of the molecule is CC(C)NCCCCC=O. The summed E-state index contributed by atoms with van der Waals surface area (Å²) in [6.07, 6.45) is 3.81. The van der Waals surface area contributed by atoms with Gasteiger partial charge in [-0.25, -0.2) is 0 Å². The maximum Gasteiger partial charge on any atom is 0.119 e. The molecule has 0 aromatic rings. The molecule has 10 heavy (non-hydrogen) atoms. The highest BCUT2D eigenvalue weighted by Gasteiger charge is 1.90. The molecule has 0 atom stereocenters. The number of hydrogen-bond acceptors (Lipinski definition) is 2. The van der Waals surface area contributed by atoms with Gasteiger partial charge in [0.25, 0.3) is 0 Å². The van der Waals surface area contributed by atoms with Gasteiger partial charge in [0.2, 0.25) is 0 Å². The molecule has 1 N–H and O–H groups in total. The number of aldehydes is 1. The second-order valence-corrected chi connectivity index (χ2v) is 2.77. The van der Waals surface area contributed by atoms with Gasteiger partial charge in [0.15, 0.2) is 0 Å². The Hall–Kier alpha value is -0.370. The summed E-state index contributed by atoms with van der Waals surface area (Å²) >= 11 is 0. The van der Waals surface area contributed by atoms with Gasteiger partial charge in [0.05, 0.1) is 0 Å². The highest BCUT2D eigenvalue weighted by Crippen LogP contribution is 1.90. The molecule has 0 saturated carbocycles. The van der Waals surface area contributed by atoms with Crippen LogP contribution in [0.2, 0.25) is 0 Å². The van der Waals surface area contributed by atoms with E-state index in [0.29, 0.717) is 12.5 Å². The van der Waals surface area contributed by atoms with Gasteiger partial charge in [-0.15, -0.1) is 0 Å². The summed E-state index contributed by atoms with van der Waals surface area (Å²) in [5, 5.41) is 3.29. The van der Waals surface area contributed by atoms with Crippen LogP contribution in [0.25, 0.3) is 0 Å². The van der Waals surface area contributed by atoms with Crippen molar-refractivity contribution in [2.24, 2.45) is 0 Å². The van der Waals surface area contributed by atoms with Gasteiger partial charge in [-0.3, -0.25) is 0 Å². The predicted molar refractivity (Wildman–Crippen MR) is 43.1 cm³/mol. The minimum Gasteiger partial charge on any atom is -0.315 e. The van der Waals surface area contributed by atoms with E-state index in [1.807, 2.05) is 0 Å². The van der Waals surface area contributed by atoms with Crippen molar-refractivity contribution in [2.45, 2.75) is 39.2 Å². The fourth-order valence-electron chi connectivity index (χ4n) is 0.743. The molecule has 0 radical (unpaired) electrons. The molecule has 2 nitrogen and oxygen atoms in total. The van der Waals surface area contributed by atoms with E-state index in [1.165, 1.54) is 0 Å². The first-order valence-electron chi connectivity index (χ1n) is 3.94. The van der Waals surface area contributed by atoms with Gasteiger partial charge in [0.1, 0.15) is 6.29 Å². The van der Waals surface area contributed by atoms with Crippen LogP contribution in [0.5, 0.6) is 0 Å². The second kappa shape index (κ2) is 6.75. The highest BCUT2D eigenvalue weighted by molar-refractivity contribution is 5.48. The third-order valence-corrected chi connectivity index (χ3v) is 1.30. The first-order valence-corrected chi connectivity index (χ1v) is 3.94.